The van der Waals surface area contributed by atoms with Crippen molar-refractivity contribution in [3.63, 3.8) is 0 Å². The van der Waals surface area contributed by atoms with E-state index < -0.39 is 16.3 Å². The van der Waals surface area contributed by atoms with Gasteiger partial charge in [0.15, 0.2) is 0 Å². The fourth-order valence-electron chi connectivity index (χ4n) is 4.23. The minimum atomic E-state index is -0.847. The van der Waals surface area contributed by atoms with E-state index in [0.29, 0.717) is 24.1 Å². The summed E-state index contributed by atoms with van der Waals surface area (Å²) in [5.74, 6) is -1.18. The standard InChI is InChI=1S/C17H20N2O5/c1-10-6-11(2)14(19(23)24)7-13(10)15(20)18-8-12-4-3-5-17(12,9-18)16(21)22/h6-7,12H,3-5,8-9H2,1-2H3,(H,21,22)/t12-,17+/m0/s1. The van der Waals surface area contributed by atoms with E-state index in [9.17, 15) is 24.8 Å². The SMILES string of the molecule is Cc1cc(C)c([N+](=O)[O-])cc1C(=O)N1C[C@@H]2CCC[C@@]2(C(=O)O)C1. The maximum atomic E-state index is 12.9. The van der Waals surface area contributed by atoms with Crippen LogP contribution in [0.25, 0.3) is 0 Å². The summed E-state index contributed by atoms with van der Waals surface area (Å²) in [6.45, 7) is 3.98. The molecule has 0 aromatic heterocycles. The van der Waals surface area contributed by atoms with Gasteiger partial charge in [-0.2, -0.15) is 0 Å². The topological polar surface area (TPSA) is 101 Å². The van der Waals surface area contributed by atoms with Crippen LogP contribution in [0.15, 0.2) is 12.1 Å². The van der Waals surface area contributed by atoms with Gasteiger partial charge in [-0.05, 0) is 44.2 Å². The predicted octanol–water partition coefficient (Wildman–Crippen LogP) is 2.54. The highest BCUT2D eigenvalue weighted by molar-refractivity contribution is 5.97. The van der Waals surface area contributed by atoms with Crippen molar-refractivity contribution in [2.24, 2.45) is 11.3 Å². The lowest BCUT2D eigenvalue weighted by molar-refractivity contribution is -0.385. The number of rotatable bonds is 3. The van der Waals surface area contributed by atoms with Crippen LogP contribution >= 0.6 is 0 Å². The van der Waals surface area contributed by atoms with Gasteiger partial charge in [0.2, 0.25) is 0 Å². The summed E-state index contributed by atoms with van der Waals surface area (Å²) >= 11 is 0. The smallest absolute Gasteiger partial charge is 0.311 e. The van der Waals surface area contributed by atoms with Gasteiger partial charge in [-0.15, -0.1) is 0 Å². The summed E-state index contributed by atoms with van der Waals surface area (Å²) in [6.07, 6.45) is 2.26. The molecule has 0 unspecified atom stereocenters. The normalized spacial score (nSPS) is 25.6. The van der Waals surface area contributed by atoms with E-state index in [0.717, 1.165) is 12.8 Å². The van der Waals surface area contributed by atoms with Crippen molar-refractivity contribution in [2.75, 3.05) is 13.1 Å². The molecule has 2 fully saturated rings. The van der Waals surface area contributed by atoms with Crippen LogP contribution in [-0.4, -0.2) is 39.9 Å². The van der Waals surface area contributed by atoms with Crippen molar-refractivity contribution in [3.8, 4) is 0 Å². The number of amides is 1. The molecule has 0 bridgehead atoms. The second-order valence-corrected chi connectivity index (χ2v) is 6.95. The molecule has 1 aliphatic heterocycles. The van der Waals surface area contributed by atoms with Gasteiger partial charge in [0, 0.05) is 30.3 Å². The maximum absolute atomic E-state index is 12.9. The molecule has 1 N–H and O–H groups in total. The minimum absolute atomic E-state index is 0.0281. The predicted molar refractivity (Wildman–Crippen MR) is 85.9 cm³/mol. The number of aryl methyl sites for hydroxylation is 2. The molecule has 7 nitrogen and oxygen atoms in total. The van der Waals surface area contributed by atoms with Crippen LogP contribution in [0.1, 0.15) is 40.7 Å². The number of carboxylic acids is 1. The largest absolute Gasteiger partial charge is 0.481 e. The van der Waals surface area contributed by atoms with Gasteiger partial charge < -0.3 is 10.0 Å². The number of nitro benzene ring substituents is 1. The van der Waals surface area contributed by atoms with Gasteiger partial charge in [0.1, 0.15) is 0 Å². The number of nitro groups is 1. The van der Waals surface area contributed by atoms with Crippen LogP contribution in [0, 0.1) is 35.3 Å². The molecule has 1 heterocycles. The van der Waals surface area contributed by atoms with Gasteiger partial charge in [0.25, 0.3) is 11.6 Å². The lowest BCUT2D eigenvalue weighted by Gasteiger charge is -2.23. The van der Waals surface area contributed by atoms with E-state index in [2.05, 4.69) is 0 Å². The molecule has 24 heavy (non-hydrogen) atoms. The van der Waals surface area contributed by atoms with Gasteiger partial charge in [-0.3, -0.25) is 19.7 Å². The summed E-state index contributed by atoms with van der Waals surface area (Å²) < 4.78 is 0. The second-order valence-electron chi connectivity index (χ2n) is 6.95. The van der Waals surface area contributed by atoms with Crippen molar-refractivity contribution >= 4 is 17.6 Å². The average molecular weight is 332 g/mol. The number of hydrogen-bond donors (Lipinski definition) is 1. The molecule has 7 heteroatoms. The number of carbonyl (C=O) groups excluding carboxylic acids is 1. The Morgan fingerprint density at radius 3 is 2.62 bits per heavy atom. The lowest BCUT2D eigenvalue weighted by atomic mass is 9.81. The zero-order valence-corrected chi connectivity index (χ0v) is 13.7. The molecule has 1 aliphatic carbocycles. The third-order valence-electron chi connectivity index (χ3n) is 5.55. The highest BCUT2D eigenvalue weighted by Crippen LogP contribution is 2.49. The Bertz CT molecular complexity index is 745. The van der Waals surface area contributed by atoms with Crippen LogP contribution in [0.2, 0.25) is 0 Å². The number of nitrogens with zero attached hydrogens (tertiary/aromatic N) is 2. The van der Waals surface area contributed by atoms with E-state index in [-0.39, 0.29) is 29.6 Å². The van der Waals surface area contributed by atoms with Crippen LogP contribution in [0.4, 0.5) is 5.69 Å². The van der Waals surface area contributed by atoms with Crippen molar-refractivity contribution in [3.05, 3.63) is 38.9 Å². The second kappa shape index (κ2) is 5.58. The molecule has 2 atom stereocenters. The first kappa shape index (κ1) is 16.4. The molecule has 1 saturated heterocycles. The van der Waals surface area contributed by atoms with Crippen LogP contribution in [0.3, 0.4) is 0 Å². The number of benzene rings is 1. The molecule has 3 rings (SSSR count). The lowest BCUT2D eigenvalue weighted by Crippen LogP contribution is -2.37. The maximum Gasteiger partial charge on any atom is 0.311 e. The molecule has 0 spiro atoms. The van der Waals surface area contributed by atoms with E-state index >= 15 is 0 Å². The first-order valence-corrected chi connectivity index (χ1v) is 8.04. The quantitative estimate of drug-likeness (QED) is 0.677. The van der Waals surface area contributed by atoms with Crippen LogP contribution < -0.4 is 0 Å². The van der Waals surface area contributed by atoms with Crippen LogP contribution in [0.5, 0.6) is 0 Å². The van der Waals surface area contributed by atoms with E-state index in [4.69, 9.17) is 0 Å². The Labute approximate surface area is 139 Å². The number of likely N-dealkylation sites (tertiary alicyclic amines) is 1. The van der Waals surface area contributed by atoms with Gasteiger partial charge in [-0.25, -0.2) is 0 Å². The minimum Gasteiger partial charge on any atom is -0.481 e. The molecule has 1 amide bonds. The van der Waals surface area contributed by atoms with Gasteiger partial charge in [0.05, 0.1) is 10.3 Å². The van der Waals surface area contributed by atoms with E-state index in [1.54, 1.807) is 24.8 Å². The summed E-state index contributed by atoms with van der Waals surface area (Å²) in [7, 11) is 0. The molecular weight excluding hydrogens is 312 g/mol. The Morgan fingerprint density at radius 2 is 2.04 bits per heavy atom. The highest BCUT2D eigenvalue weighted by Gasteiger charge is 2.55. The third kappa shape index (κ3) is 2.35. The molecule has 1 aromatic carbocycles. The number of carbonyl (C=O) groups is 2. The molecule has 2 aliphatic rings. The van der Waals surface area contributed by atoms with Crippen molar-refractivity contribution in [2.45, 2.75) is 33.1 Å². The average Bonchev–Trinajstić information content (AvgIpc) is 3.04. The molecule has 1 aromatic rings. The number of hydrogen-bond acceptors (Lipinski definition) is 4. The number of fused-ring (bicyclic) bond motifs is 1. The number of carboxylic acid groups (broad SMARTS) is 1. The molecule has 128 valence electrons. The molecular formula is C17H20N2O5. The van der Waals surface area contributed by atoms with E-state index in [1.165, 1.54) is 6.07 Å². The summed E-state index contributed by atoms with van der Waals surface area (Å²) in [4.78, 5) is 36.8. The zero-order chi connectivity index (χ0) is 17.6. The Morgan fingerprint density at radius 1 is 1.33 bits per heavy atom. The fraction of sp³-hybridized carbons (Fsp3) is 0.529. The number of aliphatic carboxylic acids is 1. The van der Waals surface area contributed by atoms with E-state index in [1.807, 2.05) is 0 Å². The molecule has 1 saturated carbocycles. The molecule has 0 radical (unpaired) electrons. The summed E-state index contributed by atoms with van der Waals surface area (Å²) in [5.41, 5.74) is 0.531. The fourth-order valence-corrected chi connectivity index (χ4v) is 4.23. The van der Waals surface area contributed by atoms with Crippen molar-refractivity contribution in [1.82, 2.24) is 4.90 Å². The Kier molecular flexibility index (Phi) is 3.81. The third-order valence-corrected chi connectivity index (χ3v) is 5.55. The first-order valence-electron chi connectivity index (χ1n) is 8.04. The highest BCUT2D eigenvalue weighted by atomic mass is 16.6. The van der Waals surface area contributed by atoms with Gasteiger partial charge in [-0.1, -0.05) is 6.42 Å². The monoisotopic (exact) mass is 332 g/mol. The summed E-state index contributed by atoms with van der Waals surface area (Å²) in [5, 5.41) is 20.8. The van der Waals surface area contributed by atoms with Crippen molar-refractivity contribution < 1.29 is 19.6 Å². The Hall–Kier alpha value is -2.44. The van der Waals surface area contributed by atoms with Gasteiger partial charge >= 0.3 is 5.97 Å². The Balaban J connectivity index is 1.93. The zero-order valence-electron chi connectivity index (χ0n) is 13.7. The van der Waals surface area contributed by atoms with Crippen molar-refractivity contribution in [1.29, 1.82) is 0 Å². The summed E-state index contributed by atoms with van der Waals surface area (Å²) in [6, 6.07) is 2.95. The van der Waals surface area contributed by atoms with Crippen LogP contribution in [-0.2, 0) is 4.79 Å². The first-order chi connectivity index (χ1) is 11.3.